The quantitative estimate of drug-likeness (QED) is 0.331. The topological polar surface area (TPSA) is 57.0 Å². The van der Waals surface area contributed by atoms with E-state index >= 15 is 0 Å². The Morgan fingerprint density at radius 1 is 1.22 bits per heavy atom. The lowest BCUT2D eigenvalue weighted by molar-refractivity contribution is 0.101. The lowest BCUT2D eigenvalue weighted by Gasteiger charge is -2.09. The summed E-state index contributed by atoms with van der Waals surface area (Å²) in [6.45, 7) is 4.14. The predicted molar refractivity (Wildman–Crippen MR) is 104 cm³/mol. The van der Waals surface area contributed by atoms with Crippen LogP contribution < -0.4 is 4.74 Å². The summed E-state index contributed by atoms with van der Waals surface area (Å²) in [4.78, 5) is 12.6. The number of para-hydroxylation sites is 1. The summed E-state index contributed by atoms with van der Waals surface area (Å²) >= 11 is 1.24. The van der Waals surface area contributed by atoms with Gasteiger partial charge < -0.3 is 4.74 Å². The van der Waals surface area contributed by atoms with E-state index in [2.05, 4.69) is 16.8 Å². The fraction of sp³-hybridized carbons (Fsp3) is 0.150. The molecule has 3 aromatic rings. The molecule has 2 aromatic carbocycles. The fourth-order valence-corrected chi connectivity index (χ4v) is 3.44. The summed E-state index contributed by atoms with van der Waals surface area (Å²) in [7, 11) is 1.53. The van der Waals surface area contributed by atoms with E-state index in [9.17, 15) is 9.18 Å². The second-order valence-electron chi connectivity index (χ2n) is 5.60. The van der Waals surface area contributed by atoms with Crippen molar-refractivity contribution < 1.29 is 13.9 Å². The molecule has 0 fully saturated rings. The molecule has 138 valence electrons. The highest BCUT2D eigenvalue weighted by molar-refractivity contribution is 7.99. The molecule has 1 heterocycles. The van der Waals surface area contributed by atoms with Crippen molar-refractivity contribution in [3.05, 3.63) is 72.6 Å². The number of benzene rings is 2. The summed E-state index contributed by atoms with van der Waals surface area (Å²) in [6.07, 6.45) is 1.68. The van der Waals surface area contributed by atoms with Gasteiger partial charge in [-0.25, -0.2) is 4.39 Å². The van der Waals surface area contributed by atoms with Gasteiger partial charge in [0.05, 0.1) is 24.0 Å². The standard InChI is InChI=1S/C20H18FN3O2S/c1-3-12-24-19(14-8-4-6-10-16(14)21)22-23-20(24)27-13-17(25)15-9-5-7-11-18(15)26-2/h3-11H,1,12-13H2,2H3. The van der Waals surface area contributed by atoms with Gasteiger partial charge in [0, 0.05) is 6.54 Å². The van der Waals surface area contributed by atoms with Crippen LogP contribution in [0.2, 0.25) is 0 Å². The van der Waals surface area contributed by atoms with Crippen molar-refractivity contribution in [1.82, 2.24) is 14.8 Å². The molecular weight excluding hydrogens is 365 g/mol. The molecule has 0 amide bonds. The molecule has 0 aliphatic carbocycles. The first kappa shape index (κ1) is 18.8. The van der Waals surface area contributed by atoms with E-state index < -0.39 is 0 Å². The summed E-state index contributed by atoms with van der Waals surface area (Å²) < 4.78 is 21.1. The first-order chi connectivity index (χ1) is 13.2. The normalized spacial score (nSPS) is 10.6. The second-order valence-corrected chi connectivity index (χ2v) is 6.54. The summed E-state index contributed by atoms with van der Waals surface area (Å²) in [5.41, 5.74) is 0.867. The van der Waals surface area contributed by atoms with Crippen LogP contribution in [0.25, 0.3) is 11.4 Å². The van der Waals surface area contributed by atoms with Crippen LogP contribution in [0.15, 0.2) is 66.3 Å². The van der Waals surface area contributed by atoms with Crippen LogP contribution in [0, 0.1) is 5.82 Å². The number of halogens is 1. The number of hydrogen-bond donors (Lipinski definition) is 0. The number of allylic oxidation sites excluding steroid dienone is 1. The first-order valence-corrected chi connectivity index (χ1v) is 9.22. The molecule has 27 heavy (non-hydrogen) atoms. The van der Waals surface area contributed by atoms with E-state index in [1.165, 1.54) is 24.9 Å². The van der Waals surface area contributed by atoms with Gasteiger partial charge >= 0.3 is 0 Å². The van der Waals surface area contributed by atoms with Crippen molar-refractivity contribution in [2.24, 2.45) is 0 Å². The minimum Gasteiger partial charge on any atom is -0.496 e. The largest absolute Gasteiger partial charge is 0.496 e. The molecule has 0 bridgehead atoms. The van der Waals surface area contributed by atoms with Crippen LogP contribution in [-0.2, 0) is 6.54 Å². The van der Waals surface area contributed by atoms with Gasteiger partial charge in [-0.1, -0.05) is 42.1 Å². The highest BCUT2D eigenvalue weighted by Crippen LogP contribution is 2.27. The molecule has 5 nitrogen and oxygen atoms in total. The molecule has 0 aliphatic heterocycles. The maximum Gasteiger partial charge on any atom is 0.192 e. The third kappa shape index (κ3) is 4.09. The Bertz CT molecular complexity index is 971. The smallest absolute Gasteiger partial charge is 0.192 e. The molecule has 0 radical (unpaired) electrons. The Kier molecular flexibility index (Phi) is 6.03. The molecule has 0 atom stereocenters. The van der Waals surface area contributed by atoms with Gasteiger partial charge in [0.2, 0.25) is 0 Å². The molecule has 0 saturated heterocycles. The molecular formula is C20H18FN3O2S. The van der Waals surface area contributed by atoms with E-state index in [4.69, 9.17) is 4.74 Å². The Morgan fingerprint density at radius 3 is 2.70 bits per heavy atom. The van der Waals surface area contributed by atoms with Gasteiger partial charge in [0.25, 0.3) is 0 Å². The van der Waals surface area contributed by atoms with Crippen molar-refractivity contribution in [2.45, 2.75) is 11.7 Å². The second kappa shape index (κ2) is 8.64. The van der Waals surface area contributed by atoms with E-state index in [1.54, 1.807) is 47.0 Å². The summed E-state index contributed by atoms with van der Waals surface area (Å²) in [5, 5.41) is 8.78. The van der Waals surface area contributed by atoms with Crippen molar-refractivity contribution in [1.29, 1.82) is 0 Å². The average molecular weight is 383 g/mol. The predicted octanol–water partition coefficient (Wildman–Crippen LogP) is 4.25. The number of thioether (sulfide) groups is 1. The minimum atomic E-state index is -0.378. The third-order valence-electron chi connectivity index (χ3n) is 3.88. The van der Waals surface area contributed by atoms with Crippen molar-refractivity contribution in [3.63, 3.8) is 0 Å². The van der Waals surface area contributed by atoms with Crippen molar-refractivity contribution in [3.8, 4) is 17.1 Å². The van der Waals surface area contributed by atoms with Gasteiger partial charge in [-0.2, -0.15) is 0 Å². The lowest BCUT2D eigenvalue weighted by atomic mass is 10.1. The highest BCUT2D eigenvalue weighted by Gasteiger charge is 2.18. The molecule has 1 aromatic heterocycles. The summed E-state index contributed by atoms with van der Waals surface area (Å²) in [6, 6.07) is 13.4. The minimum absolute atomic E-state index is 0.0851. The number of methoxy groups -OCH3 is 1. The first-order valence-electron chi connectivity index (χ1n) is 8.23. The van der Waals surface area contributed by atoms with Crippen LogP contribution in [-0.4, -0.2) is 33.4 Å². The van der Waals surface area contributed by atoms with Crippen molar-refractivity contribution in [2.75, 3.05) is 12.9 Å². The number of carbonyl (C=O) groups is 1. The molecule has 3 rings (SSSR count). The van der Waals surface area contributed by atoms with Crippen LogP contribution in [0.5, 0.6) is 5.75 Å². The molecule has 0 saturated carbocycles. The van der Waals surface area contributed by atoms with Gasteiger partial charge in [0.15, 0.2) is 16.8 Å². The van der Waals surface area contributed by atoms with Crippen LogP contribution in [0.4, 0.5) is 4.39 Å². The Labute approximate surface area is 160 Å². The number of aromatic nitrogens is 3. The lowest BCUT2D eigenvalue weighted by Crippen LogP contribution is -2.07. The molecule has 0 aliphatic rings. The number of hydrogen-bond acceptors (Lipinski definition) is 5. The van der Waals surface area contributed by atoms with E-state index in [1.807, 2.05) is 6.07 Å². The van der Waals surface area contributed by atoms with Gasteiger partial charge in [-0.05, 0) is 24.3 Å². The Balaban J connectivity index is 1.84. The van der Waals surface area contributed by atoms with Crippen LogP contribution in [0.3, 0.4) is 0 Å². The SMILES string of the molecule is C=CCn1c(SCC(=O)c2ccccc2OC)nnc1-c1ccccc1F. The van der Waals surface area contributed by atoms with Gasteiger partial charge in [-0.3, -0.25) is 9.36 Å². The molecule has 0 spiro atoms. The number of rotatable bonds is 8. The Morgan fingerprint density at radius 2 is 1.96 bits per heavy atom. The fourth-order valence-electron chi connectivity index (χ4n) is 2.61. The van der Waals surface area contributed by atoms with Crippen LogP contribution in [0.1, 0.15) is 10.4 Å². The average Bonchev–Trinajstić information content (AvgIpc) is 3.09. The van der Waals surface area contributed by atoms with E-state index in [0.717, 1.165) is 0 Å². The zero-order valence-corrected chi connectivity index (χ0v) is 15.6. The van der Waals surface area contributed by atoms with E-state index in [0.29, 0.717) is 34.4 Å². The number of ether oxygens (including phenoxy) is 1. The number of Topliss-reactive ketones (excluding diaryl/α,β-unsaturated/α-hetero) is 1. The maximum absolute atomic E-state index is 14.1. The number of nitrogens with zero attached hydrogens (tertiary/aromatic N) is 3. The number of ketones is 1. The number of carbonyl (C=O) groups excluding carboxylic acids is 1. The zero-order chi connectivity index (χ0) is 19.2. The Hall–Kier alpha value is -2.93. The van der Waals surface area contributed by atoms with Crippen LogP contribution >= 0.6 is 11.8 Å². The molecule has 7 heteroatoms. The zero-order valence-electron chi connectivity index (χ0n) is 14.8. The molecule has 0 unspecified atom stereocenters. The van der Waals surface area contributed by atoms with E-state index in [-0.39, 0.29) is 17.4 Å². The van der Waals surface area contributed by atoms with Gasteiger partial charge in [0.1, 0.15) is 11.6 Å². The maximum atomic E-state index is 14.1. The van der Waals surface area contributed by atoms with Crippen molar-refractivity contribution >= 4 is 17.5 Å². The highest BCUT2D eigenvalue weighted by atomic mass is 32.2. The molecule has 0 N–H and O–H groups in total. The third-order valence-corrected chi connectivity index (χ3v) is 4.85. The monoisotopic (exact) mass is 383 g/mol. The summed E-state index contributed by atoms with van der Waals surface area (Å²) in [5.74, 6) is 0.630. The van der Waals surface area contributed by atoms with Gasteiger partial charge in [-0.15, -0.1) is 16.8 Å².